The Labute approximate surface area is 245 Å². The standard InChI is InChI=1S/C30H34ClN5O4Si/c1-18(37)38-23-16-22(21-15-24(39-26(21)23)36-17-33-25-27(31)34-29(32)35-28(25)36)40-41(30(2,3)4,19-11-7-5-8-12-19)20-13-9-6-10-14-20/h5-14,17,21-24,26H,15-16H2,1-4H3,(H2,32,34,35)/t21-,22+,23+,24?,26-/m0/s1. The fourth-order valence-corrected chi connectivity index (χ4v) is 11.6. The van der Waals surface area contributed by atoms with Crippen molar-refractivity contribution in [1.29, 1.82) is 0 Å². The average molecular weight is 592 g/mol. The molecule has 214 valence electrons. The molecule has 1 saturated carbocycles. The number of nitrogens with two attached hydrogens (primary N) is 1. The monoisotopic (exact) mass is 591 g/mol. The molecule has 6 rings (SSSR count). The maximum absolute atomic E-state index is 12.2. The number of anilines is 1. The van der Waals surface area contributed by atoms with Crippen molar-refractivity contribution in [1.82, 2.24) is 19.5 Å². The Morgan fingerprint density at radius 3 is 2.24 bits per heavy atom. The second kappa shape index (κ2) is 10.5. The molecule has 1 saturated heterocycles. The molecule has 2 aromatic carbocycles. The Hall–Kier alpha value is -3.31. The highest BCUT2D eigenvalue weighted by atomic mass is 35.5. The highest BCUT2D eigenvalue weighted by Crippen LogP contribution is 2.49. The van der Waals surface area contributed by atoms with Gasteiger partial charge in [0.1, 0.15) is 24.0 Å². The number of halogens is 1. The smallest absolute Gasteiger partial charge is 0.302 e. The highest BCUT2D eigenvalue weighted by molar-refractivity contribution is 6.99. The summed E-state index contributed by atoms with van der Waals surface area (Å²) < 4.78 is 21.8. The number of hydrogen-bond donors (Lipinski definition) is 1. The summed E-state index contributed by atoms with van der Waals surface area (Å²) in [6, 6.07) is 21.1. The fraction of sp³-hybridized carbons (Fsp3) is 0.400. The molecule has 1 unspecified atom stereocenters. The van der Waals surface area contributed by atoms with Crippen LogP contribution in [0, 0.1) is 5.92 Å². The lowest BCUT2D eigenvalue weighted by molar-refractivity contribution is -0.154. The van der Waals surface area contributed by atoms with Crippen molar-refractivity contribution in [2.75, 3.05) is 5.73 Å². The Morgan fingerprint density at radius 1 is 1.02 bits per heavy atom. The number of nitrogen functional groups attached to an aromatic ring is 1. The highest BCUT2D eigenvalue weighted by Gasteiger charge is 2.58. The SMILES string of the molecule is CC(=O)O[C@@H]1C[C@@H](O[Si](c2ccccc2)(c2ccccc2)C(C)(C)C)[C@@H]2CC(n3cnc4c(Cl)nc(N)nc43)O[C@@H]21. The lowest BCUT2D eigenvalue weighted by Crippen LogP contribution is -2.68. The molecule has 9 nitrogen and oxygen atoms in total. The molecule has 0 spiro atoms. The van der Waals surface area contributed by atoms with E-state index in [9.17, 15) is 4.79 Å². The van der Waals surface area contributed by atoms with Crippen molar-refractivity contribution in [3.63, 3.8) is 0 Å². The van der Waals surface area contributed by atoms with Crippen LogP contribution in [-0.4, -0.2) is 52.1 Å². The summed E-state index contributed by atoms with van der Waals surface area (Å²) in [7, 11) is -2.86. The molecule has 2 aliphatic rings. The predicted octanol–water partition coefficient (Wildman–Crippen LogP) is 4.25. The summed E-state index contributed by atoms with van der Waals surface area (Å²) in [5.41, 5.74) is 6.86. The van der Waals surface area contributed by atoms with Gasteiger partial charge < -0.3 is 19.6 Å². The number of hydrogen-bond acceptors (Lipinski definition) is 8. The van der Waals surface area contributed by atoms with E-state index in [0.717, 1.165) is 0 Å². The molecular weight excluding hydrogens is 558 g/mol. The molecule has 5 atom stereocenters. The van der Waals surface area contributed by atoms with E-state index in [1.165, 1.54) is 17.3 Å². The summed E-state index contributed by atoms with van der Waals surface area (Å²) in [6.45, 7) is 8.21. The number of nitrogens with zero attached hydrogens (tertiary/aromatic N) is 4. The van der Waals surface area contributed by atoms with Gasteiger partial charge in [-0.2, -0.15) is 9.97 Å². The molecule has 3 heterocycles. The van der Waals surface area contributed by atoms with E-state index >= 15 is 0 Å². The van der Waals surface area contributed by atoms with Gasteiger partial charge in [-0.05, 0) is 15.4 Å². The third kappa shape index (κ3) is 4.82. The van der Waals surface area contributed by atoms with Crippen molar-refractivity contribution in [2.45, 2.75) is 70.1 Å². The first-order valence-corrected chi connectivity index (χ1v) is 16.1. The minimum atomic E-state index is -2.86. The van der Waals surface area contributed by atoms with E-state index in [4.69, 9.17) is 31.2 Å². The van der Waals surface area contributed by atoms with Crippen molar-refractivity contribution >= 4 is 53.4 Å². The number of rotatable bonds is 6. The summed E-state index contributed by atoms with van der Waals surface area (Å²) >= 11 is 6.29. The second-order valence-corrected chi connectivity index (χ2v) is 16.5. The number of benzene rings is 2. The molecule has 1 aliphatic heterocycles. The largest absolute Gasteiger partial charge is 0.460 e. The van der Waals surface area contributed by atoms with E-state index in [2.05, 4.69) is 84.3 Å². The lowest BCUT2D eigenvalue weighted by atomic mass is 10.0. The third-order valence-corrected chi connectivity index (χ3v) is 13.6. The number of ether oxygens (including phenoxy) is 2. The zero-order chi connectivity index (χ0) is 28.9. The van der Waals surface area contributed by atoms with Crippen molar-refractivity contribution in [3.8, 4) is 0 Å². The van der Waals surface area contributed by atoms with E-state index in [1.54, 1.807) is 6.33 Å². The number of carbonyl (C=O) groups excluding carboxylic acids is 1. The van der Waals surface area contributed by atoms with Gasteiger partial charge in [0.25, 0.3) is 8.32 Å². The summed E-state index contributed by atoms with van der Waals surface area (Å²) in [6.07, 6.45) is 1.41. The van der Waals surface area contributed by atoms with Gasteiger partial charge >= 0.3 is 5.97 Å². The van der Waals surface area contributed by atoms with Gasteiger partial charge in [-0.3, -0.25) is 9.36 Å². The number of imidazole rings is 1. The molecule has 4 aromatic rings. The zero-order valence-electron chi connectivity index (χ0n) is 23.5. The number of fused-ring (bicyclic) bond motifs is 2. The van der Waals surface area contributed by atoms with Gasteiger partial charge in [0, 0.05) is 25.7 Å². The molecule has 11 heteroatoms. The summed E-state index contributed by atoms with van der Waals surface area (Å²) in [5, 5.41) is 2.39. The van der Waals surface area contributed by atoms with Crippen LogP contribution in [0.3, 0.4) is 0 Å². The first kappa shape index (κ1) is 27.8. The lowest BCUT2D eigenvalue weighted by Gasteiger charge is -2.45. The Bertz CT molecular complexity index is 1520. The Morgan fingerprint density at radius 2 is 1.66 bits per heavy atom. The van der Waals surface area contributed by atoms with Crippen LogP contribution in [0.1, 0.15) is 46.8 Å². The number of carbonyl (C=O) groups is 1. The number of esters is 1. The molecule has 1 aliphatic carbocycles. The topological polar surface area (TPSA) is 114 Å². The summed E-state index contributed by atoms with van der Waals surface area (Å²) in [4.78, 5) is 25.0. The van der Waals surface area contributed by atoms with Crippen molar-refractivity contribution < 1.29 is 18.7 Å². The van der Waals surface area contributed by atoms with Crippen molar-refractivity contribution in [2.24, 2.45) is 5.92 Å². The summed E-state index contributed by atoms with van der Waals surface area (Å²) in [5.74, 6) is -0.307. The normalized spacial score (nSPS) is 24.5. The first-order chi connectivity index (χ1) is 19.6. The van der Waals surface area contributed by atoms with Crippen LogP contribution >= 0.6 is 11.6 Å². The zero-order valence-corrected chi connectivity index (χ0v) is 25.3. The van der Waals surface area contributed by atoms with E-state index in [1.807, 2.05) is 16.7 Å². The molecule has 41 heavy (non-hydrogen) atoms. The van der Waals surface area contributed by atoms with Crippen LogP contribution in [0.5, 0.6) is 0 Å². The fourth-order valence-electron chi connectivity index (χ4n) is 6.64. The average Bonchev–Trinajstić information content (AvgIpc) is 3.62. The van der Waals surface area contributed by atoms with Crippen LogP contribution in [0.4, 0.5) is 5.95 Å². The minimum Gasteiger partial charge on any atom is -0.460 e. The van der Waals surface area contributed by atoms with Gasteiger partial charge in [-0.25, -0.2) is 4.98 Å². The molecule has 0 amide bonds. The molecule has 2 N–H and O–H groups in total. The van der Waals surface area contributed by atoms with Crippen LogP contribution in [-0.2, 0) is 18.7 Å². The van der Waals surface area contributed by atoms with Crippen molar-refractivity contribution in [3.05, 3.63) is 72.1 Å². The quantitative estimate of drug-likeness (QED) is 0.201. The van der Waals surface area contributed by atoms with E-state index < -0.39 is 20.6 Å². The predicted molar refractivity (Wildman–Crippen MR) is 159 cm³/mol. The van der Waals surface area contributed by atoms with Gasteiger partial charge in [0.05, 0.1) is 12.4 Å². The molecule has 0 radical (unpaired) electrons. The van der Waals surface area contributed by atoms with Crippen LogP contribution < -0.4 is 16.1 Å². The Kier molecular flexibility index (Phi) is 7.13. The minimum absolute atomic E-state index is 0.0295. The van der Waals surface area contributed by atoms with Gasteiger partial charge in [-0.15, -0.1) is 0 Å². The molecule has 2 aromatic heterocycles. The molecule has 2 fully saturated rings. The maximum Gasteiger partial charge on any atom is 0.302 e. The number of aromatic nitrogens is 4. The van der Waals surface area contributed by atoms with Gasteiger partial charge in [-0.1, -0.05) is 93.0 Å². The Balaban J connectivity index is 1.41. The third-order valence-electron chi connectivity index (χ3n) is 8.29. The van der Waals surface area contributed by atoms with E-state index in [0.29, 0.717) is 24.0 Å². The second-order valence-electron chi connectivity index (χ2n) is 11.9. The van der Waals surface area contributed by atoms with E-state index in [-0.39, 0.29) is 40.2 Å². The van der Waals surface area contributed by atoms with Crippen LogP contribution in [0.2, 0.25) is 10.2 Å². The first-order valence-electron chi connectivity index (χ1n) is 13.9. The van der Waals surface area contributed by atoms with Crippen LogP contribution in [0.25, 0.3) is 11.2 Å². The van der Waals surface area contributed by atoms with Crippen LogP contribution in [0.15, 0.2) is 67.0 Å². The van der Waals surface area contributed by atoms with Gasteiger partial charge in [0.15, 0.2) is 10.8 Å². The maximum atomic E-state index is 12.2. The molecular formula is C30H34ClN5O4Si. The molecule has 0 bridgehead atoms. The van der Waals surface area contributed by atoms with Gasteiger partial charge in [0.2, 0.25) is 5.95 Å².